The van der Waals surface area contributed by atoms with Crippen LogP contribution in [-0.4, -0.2) is 42.2 Å². The van der Waals surface area contributed by atoms with Crippen LogP contribution in [0.25, 0.3) is 0 Å². The van der Waals surface area contributed by atoms with E-state index in [1.807, 2.05) is 0 Å². The number of methoxy groups -OCH3 is 1. The molecule has 1 aromatic heterocycles. The maximum Gasteiger partial charge on any atom is 0.270 e. The van der Waals surface area contributed by atoms with Crippen LogP contribution < -0.4 is 10.6 Å². The topological polar surface area (TPSA) is 76.1 Å². The molecule has 0 aliphatic heterocycles. The molecule has 0 radical (unpaired) electrons. The smallest absolute Gasteiger partial charge is 0.270 e. The Morgan fingerprint density at radius 2 is 2.28 bits per heavy atom. The molecular formula is C12H18N4O2. The van der Waals surface area contributed by atoms with Crippen molar-refractivity contribution >= 4 is 11.7 Å². The molecule has 98 valence electrons. The van der Waals surface area contributed by atoms with Gasteiger partial charge in [-0.25, -0.2) is 9.97 Å². The molecule has 2 rings (SSSR count). The Labute approximate surface area is 106 Å². The molecule has 1 aromatic rings. The van der Waals surface area contributed by atoms with Crippen molar-refractivity contribution in [2.75, 3.05) is 25.6 Å². The van der Waals surface area contributed by atoms with E-state index in [9.17, 15) is 4.79 Å². The van der Waals surface area contributed by atoms with Gasteiger partial charge in [0.1, 0.15) is 17.3 Å². The van der Waals surface area contributed by atoms with Gasteiger partial charge in [0.2, 0.25) is 0 Å². The highest BCUT2D eigenvalue weighted by molar-refractivity contribution is 5.92. The van der Waals surface area contributed by atoms with Crippen LogP contribution in [0.1, 0.15) is 29.2 Å². The molecule has 18 heavy (non-hydrogen) atoms. The third-order valence-electron chi connectivity index (χ3n) is 2.59. The predicted molar refractivity (Wildman–Crippen MR) is 67.6 cm³/mol. The number of nitrogens with one attached hydrogen (secondary N) is 2. The lowest BCUT2D eigenvalue weighted by Gasteiger charge is -2.08. The minimum atomic E-state index is -0.198. The van der Waals surface area contributed by atoms with Crippen molar-refractivity contribution in [1.82, 2.24) is 15.3 Å². The monoisotopic (exact) mass is 250 g/mol. The first kappa shape index (κ1) is 12.8. The maximum atomic E-state index is 11.8. The first-order chi connectivity index (χ1) is 8.69. The predicted octanol–water partition coefficient (Wildman–Crippen LogP) is 0.736. The van der Waals surface area contributed by atoms with Crippen LogP contribution in [0.3, 0.4) is 0 Å². The summed E-state index contributed by atoms with van der Waals surface area (Å²) in [5, 5.41) is 6.00. The van der Waals surface area contributed by atoms with Gasteiger partial charge in [0.15, 0.2) is 0 Å². The molecule has 0 unspecified atom stereocenters. The molecule has 1 heterocycles. The fraction of sp³-hybridized carbons (Fsp3) is 0.583. The van der Waals surface area contributed by atoms with Crippen molar-refractivity contribution in [3.05, 3.63) is 17.6 Å². The van der Waals surface area contributed by atoms with Crippen molar-refractivity contribution < 1.29 is 9.53 Å². The van der Waals surface area contributed by atoms with Gasteiger partial charge in [-0.05, 0) is 19.8 Å². The number of ether oxygens (including phenoxy) is 1. The molecule has 6 nitrogen and oxygen atoms in total. The van der Waals surface area contributed by atoms with Crippen molar-refractivity contribution in [3.8, 4) is 0 Å². The van der Waals surface area contributed by atoms with E-state index < -0.39 is 0 Å². The van der Waals surface area contributed by atoms with Crippen molar-refractivity contribution in [2.24, 2.45) is 0 Å². The van der Waals surface area contributed by atoms with E-state index in [4.69, 9.17) is 4.74 Å². The molecule has 6 heteroatoms. The second-order valence-corrected chi connectivity index (χ2v) is 4.35. The number of anilines is 1. The number of nitrogens with zero attached hydrogens (tertiary/aromatic N) is 2. The Bertz CT molecular complexity index is 432. The van der Waals surface area contributed by atoms with E-state index in [-0.39, 0.29) is 5.91 Å². The standard InChI is InChI=1S/C12H18N4O2/c1-8-14-10(12(17)13-5-6-18-2)7-11(15-8)16-9-3-4-9/h7,9H,3-6H2,1-2H3,(H,13,17)(H,14,15,16). The number of aromatic nitrogens is 2. The zero-order chi connectivity index (χ0) is 13.0. The molecule has 0 atom stereocenters. The summed E-state index contributed by atoms with van der Waals surface area (Å²) >= 11 is 0. The van der Waals surface area contributed by atoms with Gasteiger partial charge in [0.05, 0.1) is 6.61 Å². The zero-order valence-corrected chi connectivity index (χ0v) is 10.7. The average Bonchev–Trinajstić information content (AvgIpc) is 3.12. The Hall–Kier alpha value is -1.69. The summed E-state index contributed by atoms with van der Waals surface area (Å²) in [4.78, 5) is 20.2. The van der Waals surface area contributed by atoms with Gasteiger partial charge in [-0.3, -0.25) is 4.79 Å². The number of aryl methyl sites for hydroxylation is 1. The summed E-state index contributed by atoms with van der Waals surface area (Å²) in [6.45, 7) is 2.75. The van der Waals surface area contributed by atoms with E-state index in [1.165, 1.54) is 12.8 Å². The SMILES string of the molecule is COCCNC(=O)c1cc(NC2CC2)nc(C)n1. The molecule has 2 N–H and O–H groups in total. The number of carbonyl (C=O) groups excluding carboxylic acids is 1. The first-order valence-corrected chi connectivity index (χ1v) is 6.08. The van der Waals surface area contributed by atoms with E-state index in [0.29, 0.717) is 30.7 Å². The van der Waals surface area contributed by atoms with Crippen LogP contribution in [0, 0.1) is 6.92 Å². The van der Waals surface area contributed by atoms with E-state index in [0.717, 1.165) is 5.82 Å². The summed E-state index contributed by atoms with van der Waals surface area (Å²) in [5.41, 5.74) is 0.391. The molecule has 1 amide bonds. The van der Waals surface area contributed by atoms with Crippen LogP contribution in [0.4, 0.5) is 5.82 Å². The van der Waals surface area contributed by atoms with E-state index in [2.05, 4.69) is 20.6 Å². The highest BCUT2D eigenvalue weighted by Crippen LogP contribution is 2.23. The minimum Gasteiger partial charge on any atom is -0.383 e. The van der Waals surface area contributed by atoms with Gasteiger partial charge >= 0.3 is 0 Å². The largest absolute Gasteiger partial charge is 0.383 e. The lowest BCUT2D eigenvalue weighted by Crippen LogP contribution is -2.28. The fourth-order valence-corrected chi connectivity index (χ4v) is 1.55. The van der Waals surface area contributed by atoms with Gasteiger partial charge in [-0.2, -0.15) is 0 Å². The highest BCUT2D eigenvalue weighted by atomic mass is 16.5. The van der Waals surface area contributed by atoms with E-state index >= 15 is 0 Å². The lowest BCUT2D eigenvalue weighted by molar-refractivity contribution is 0.0932. The molecule has 0 bridgehead atoms. The minimum absolute atomic E-state index is 0.198. The second-order valence-electron chi connectivity index (χ2n) is 4.35. The van der Waals surface area contributed by atoms with Gasteiger partial charge in [0.25, 0.3) is 5.91 Å². The maximum absolute atomic E-state index is 11.8. The highest BCUT2D eigenvalue weighted by Gasteiger charge is 2.22. The number of rotatable bonds is 6. The van der Waals surface area contributed by atoms with Gasteiger partial charge in [0, 0.05) is 25.8 Å². The average molecular weight is 250 g/mol. The van der Waals surface area contributed by atoms with Gasteiger partial charge in [-0.1, -0.05) is 0 Å². The summed E-state index contributed by atoms with van der Waals surface area (Å²) in [6.07, 6.45) is 2.33. The van der Waals surface area contributed by atoms with Crippen LogP contribution in [0.5, 0.6) is 0 Å². The van der Waals surface area contributed by atoms with Crippen LogP contribution in [0.15, 0.2) is 6.07 Å². The molecule has 1 fully saturated rings. The summed E-state index contributed by atoms with van der Waals surface area (Å²) in [7, 11) is 1.60. The molecule has 0 spiro atoms. The quantitative estimate of drug-likeness (QED) is 0.728. The molecule has 0 saturated heterocycles. The molecule has 1 saturated carbocycles. The number of hydrogen-bond acceptors (Lipinski definition) is 5. The zero-order valence-electron chi connectivity index (χ0n) is 10.7. The lowest BCUT2D eigenvalue weighted by atomic mass is 10.3. The van der Waals surface area contributed by atoms with Gasteiger partial charge < -0.3 is 15.4 Å². The van der Waals surface area contributed by atoms with Crippen LogP contribution in [-0.2, 0) is 4.74 Å². The number of hydrogen-bond donors (Lipinski definition) is 2. The normalized spacial score (nSPS) is 14.3. The second kappa shape index (κ2) is 5.77. The first-order valence-electron chi connectivity index (χ1n) is 6.08. The summed E-state index contributed by atoms with van der Waals surface area (Å²) in [5.74, 6) is 1.12. The Morgan fingerprint density at radius 3 is 2.94 bits per heavy atom. The van der Waals surface area contributed by atoms with Crippen LogP contribution >= 0.6 is 0 Å². The third kappa shape index (κ3) is 3.66. The Balaban J connectivity index is 2.01. The number of amides is 1. The summed E-state index contributed by atoms with van der Waals surface area (Å²) in [6, 6.07) is 2.19. The van der Waals surface area contributed by atoms with Crippen molar-refractivity contribution in [1.29, 1.82) is 0 Å². The molecule has 1 aliphatic rings. The van der Waals surface area contributed by atoms with E-state index in [1.54, 1.807) is 20.1 Å². The van der Waals surface area contributed by atoms with Crippen LogP contribution in [0.2, 0.25) is 0 Å². The van der Waals surface area contributed by atoms with Gasteiger partial charge in [-0.15, -0.1) is 0 Å². The fourth-order valence-electron chi connectivity index (χ4n) is 1.55. The van der Waals surface area contributed by atoms with Crippen molar-refractivity contribution in [3.63, 3.8) is 0 Å². The Kier molecular flexibility index (Phi) is 4.09. The van der Waals surface area contributed by atoms with Crippen molar-refractivity contribution in [2.45, 2.75) is 25.8 Å². The molecule has 1 aliphatic carbocycles. The Morgan fingerprint density at radius 1 is 1.50 bits per heavy atom. The molecular weight excluding hydrogens is 232 g/mol. The third-order valence-corrected chi connectivity index (χ3v) is 2.59. The molecule has 0 aromatic carbocycles. The summed E-state index contributed by atoms with van der Waals surface area (Å²) < 4.78 is 4.88. The number of carbonyl (C=O) groups is 1.